The zero-order chi connectivity index (χ0) is 27.3. The fraction of sp³-hybridized carbons (Fsp3) is 0.250. The SMILES string of the molecule is O=C(Cc1ccccc1)Cc1ccccc1.O=C1CCCCC1c1ccccc1.O=C1Cc2ccccc2C1. The van der Waals surface area contributed by atoms with Gasteiger partial charge in [-0.2, -0.15) is 0 Å². The lowest BCUT2D eigenvalue weighted by Gasteiger charge is -2.20. The van der Waals surface area contributed by atoms with E-state index in [1.807, 2.05) is 103 Å². The van der Waals surface area contributed by atoms with Crippen molar-refractivity contribution in [2.45, 2.75) is 57.3 Å². The molecule has 0 amide bonds. The molecule has 4 aromatic rings. The molecule has 0 N–H and O–H groups in total. The molecular formula is C36H36O3. The number of benzene rings is 4. The highest BCUT2D eigenvalue weighted by atomic mass is 16.1. The number of hydrogen-bond donors (Lipinski definition) is 0. The van der Waals surface area contributed by atoms with Crippen molar-refractivity contribution in [2.24, 2.45) is 0 Å². The normalized spacial score (nSPS) is 15.7. The van der Waals surface area contributed by atoms with Crippen LogP contribution in [0.5, 0.6) is 0 Å². The smallest absolute Gasteiger partial charge is 0.141 e. The van der Waals surface area contributed by atoms with Crippen LogP contribution >= 0.6 is 0 Å². The third-order valence-electron chi connectivity index (χ3n) is 7.14. The molecule has 6 rings (SSSR count). The second-order valence-corrected chi connectivity index (χ2v) is 10.2. The Bertz CT molecular complexity index is 1270. The van der Waals surface area contributed by atoms with Crippen molar-refractivity contribution < 1.29 is 14.4 Å². The maximum absolute atomic E-state index is 11.8. The van der Waals surface area contributed by atoms with Gasteiger partial charge < -0.3 is 0 Å². The first-order valence-corrected chi connectivity index (χ1v) is 13.8. The van der Waals surface area contributed by atoms with E-state index in [0.717, 1.165) is 30.4 Å². The summed E-state index contributed by atoms with van der Waals surface area (Å²) < 4.78 is 0. The van der Waals surface area contributed by atoms with Gasteiger partial charge in [0.25, 0.3) is 0 Å². The summed E-state index contributed by atoms with van der Waals surface area (Å²) in [4.78, 5) is 34.3. The summed E-state index contributed by atoms with van der Waals surface area (Å²) in [6.07, 6.45) is 6.45. The highest BCUT2D eigenvalue weighted by Crippen LogP contribution is 2.29. The number of ketones is 3. The Balaban J connectivity index is 0.000000139. The van der Waals surface area contributed by atoms with Gasteiger partial charge in [0.05, 0.1) is 0 Å². The minimum absolute atomic E-state index is 0.190. The van der Waals surface area contributed by atoms with Crippen molar-refractivity contribution in [3.05, 3.63) is 143 Å². The standard InChI is InChI=1S/C15H14O.C12H14O.C9H8O/c16-15(11-13-7-3-1-4-8-13)12-14-9-5-2-6-10-14;13-12-9-5-4-8-11(12)10-6-2-1-3-7-10;10-9-5-7-3-1-2-4-8(7)6-9/h1-10H,11-12H2;1-3,6-7,11H,4-5,8-9H2;1-4H,5-6H2. The first-order chi connectivity index (χ1) is 19.1. The zero-order valence-corrected chi connectivity index (χ0v) is 22.4. The van der Waals surface area contributed by atoms with Gasteiger partial charge in [-0.1, -0.05) is 122 Å². The van der Waals surface area contributed by atoms with Crippen LogP contribution in [0.1, 0.15) is 59.4 Å². The van der Waals surface area contributed by atoms with Crippen LogP contribution in [0.2, 0.25) is 0 Å². The predicted molar refractivity (Wildman–Crippen MR) is 157 cm³/mol. The average molecular weight is 517 g/mol. The fourth-order valence-corrected chi connectivity index (χ4v) is 5.12. The van der Waals surface area contributed by atoms with E-state index in [-0.39, 0.29) is 11.7 Å². The van der Waals surface area contributed by atoms with Crippen LogP contribution in [0.25, 0.3) is 0 Å². The van der Waals surface area contributed by atoms with Gasteiger partial charge in [0, 0.05) is 38.0 Å². The van der Waals surface area contributed by atoms with Crippen molar-refractivity contribution in [3.63, 3.8) is 0 Å². The molecule has 198 valence electrons. The molecule has 0 aliphatic heterocycles. The van der Waals surface area contributed by atoms with Gasteiger partial charge in [-0.25, -0.2) is 0 Å². The van der Waals surface area contributed by atoms with E-state index in [2.05, 4.69) is 12.1 Å². The average Bonchev–Trinajstić information content (AvgIpc) is 3.36. The molecule has 0 heterocycles. The summed E-state index contributed by atoms with van der Waals surface area (Å²) in [5.41, 5.74) is 5.80. The molecule has 1 saturated carbocycles. The summed E-state index contributed by atoms with van der Waals surface area (Å²) >= 11 is 0. The number of rotatable bonds is 5. The lowest BCUT2D eigenvalue weighted by Crippen LogP contribution is -2.16. The number of fused-ring (bicyclic) bond motifs is 1. The van der Waals surface area contributed by atoms with Crippen molar-refractivity contribution in [1.29, 1.82) is 0 Å². The third kappa shape index (κ3) is 9.00. The predicted octanol–water partition coefficient (Wildman–Crippen LogP) is 7.31. The fourth-order valence-electron chi connectivity index (χ4n) is 5.12. The molecule has 3 heteroatoms. The summed E-state index contributed by atoms with van der Waals surface area (Å²) in [6.45, 7) is 0. The third-order valence-corrected chi connectivity index (χ3v) is 7.14. The monoisotopic (exact) mass is 516 g/mol. The van der Waals surface area contributed by atoms with E-state index in [9.17, 15) is 14.4 Å². The van der Waals surface area contributed by atoms with Crippen LogP contribution < -0.4 is 0 Å². The highest BCUT2D eigenvalue weighted by molar-refractivity contribution is 5.88. The van der Waals surface area contributed by atoms with Crippen molar-refractivity contribution in [3.8, 4) is 0 Å². The Kier molecular flexibility index (Phi) is 10.5. The van der Waals surface area contributed by atoms with E-state index < -0.39 is 0 Å². The zero-order valence-electron chi connectivity index (χ0n) is 22.4. The van der Waals surface area contributed by atoms with Crippen LogP contribution in [0, 0.1) is 0 Å². The summed E-state index contributed by atoms with van der Waals surface area (Å²) in [7, 11) is 0. The van der Waals surface area contributed by atoms with Crippen molar-refractivity contribution in [1.82, 2.24) is 0 Å². The first kappa shape index (κ1) is 27.9. The molecule has 0 saturated heterocycles. The van der Waals surface area contributed by atoms with Gasteiger partial charge >= 0.3 is 0 Å². The molecule has 0 radical (unpaired) electrons. The maximum Gasteiger partial charge on any atom is 0.141 e. The number of carbonyl (C=O) groups is 3. The van der Waals surface area contributed by atoms with Crippen LogP contribution in [-0.2, 0) is 40.1 Å². The molecular weight excluding hydrogens is 480 g/mol. The molecule has 4 aromatic carbocycles. The lowest BCUT2D eigenvalue weighted by molar-refractivity contribution is -0.122. The molecule has 0 bridgehead atoms. The van der Waals surface area contributed by atoms with Gasteiger partial charge in [0.2, 0.25) is 0 Å². The molecule has 0 aromatic heterocycles. The Hall–Kier alpha value is -4.11. The van der Waals surface area contributed by atoms with E-state index in [1.165, 1.54) is 23.1 Å². The second kappa shape index (κ2) is 14.7. The van der Waals surface area contributed by atoms with Crippen molar-refractivity contribution >= 4 is 17.3 Å². The van der Waals surface area contributed by atoms with Gasteiger partial charge in [-0.15, -0.1) is 0 Å². The number of Topliss-reactive ketones (excluding diaryl/α,β-unsaturated/α-hetero) is 3. The number of hydrogen-bond acceptors (Lipinski definition) is 3. The van der Waals surface area contributed by atoms with Crippen LogP contribution in [0.4, 0.5) is 0 Å². The van der Waals surface area contributed by atoms with Crippen LogP contribution in [0.15, 0.2) is 115 Å². The molecule has 3 nitrogen and oxygen atoms in total. The summed E-state index contributed by atoms with van der Waals surface area (Å²) in [6, 6.07) is 37.9. The van der Waals surface area contributed by atoms with Crippen molar-refractivity contribution in [2.75, 3.05) is 0 Å². The van der Waals surface area contributed by atoms with Gasteiger partial charge in [-0.3, -0.25) is 14.4 Å². The first-order valence-electron chi connectivity index (χ1n) is 13.8. The molecule has 1 unspecified atom stereocenters. The molecule has 2 aliphatic rings. The quantitative estimate of drug-likeness (QED) is 0.279. The largest absolute Gasteiger partial charge is 0.299 e. The lowest BCUT2D eigenvalue weighted by atomic mass is 9.83. The van der Waals surface area contributed by atoms with Gasteiger partial charge in [-0.05, 0) is 40.7 Å². The summed E-state index contributed by atoms with van der Waals surface area (Å²) in [5.74, 6) is 1.23. The Labute approximate surface area is 231 Å². The minimum atomic E-state index is 0.190. The molecule has 0 spiro atoms. The Morgan fingerprint density at radius 3 is 1.54 bits per heavy atom. The van der Waals surface area contributed by atoms with E-state index in [4.69, 9.17) is 0 Å². The topological polar surface area (TPSA) is 51.2 Å². The molecule has 2 aliphatic carbocycles. The Morgan fingerprint density at radius 2 is 1.05 bits per heavy atom. The highest BCUT2D eigenvalue weighted by Gasteiger charge is 2.23. The van der Waals surface area contributed by atoms with Crippen LogP contribution in [0.3, 0.4) is 0 Å². The van der Waals surface area contributed by atoms with Gasteiger partial charge in [0.1, 0.15) is 17.3 Å². The molecule has 1 atom stereocenters. The Morgan fingerprint density at radius 1 is 0.590 bits per heavy atom. The van der Waals surface area contributed by atoms with E-state index in [0.29, 0.717) is 37.2 Å². The van der Waals surface area contributed by atoms with Crippen LogP contribution in [-0.4, -0.2) is 17.3 Å². The minimum Gasteiger partial charge on any atom is -0.299 e. The van der Waals surface area contributed by atoms with E-state index in [1.54, 1.807) is 0 Å². The second-order valence-electron chi connectivity index (χ2n) is 10.2. The maximum atomic E-state index is 11.8. The molecule has 39 heavy (non-hydrogen) atoms. The van der Waals surface area contributed by atoms with Gasteiger partial charge in [0.15, 0.2) is 0 Å². The summed E-state index contributed by atoms with van der Waals surface area (Å²) in [5, 5.41) is 0. The number of carbonyl (C=O) groups excluding carboxylic acids is 3. The molecule has 1 fully saturated rings. The van der Waals surface area contributed by atoms with E-state index >= 15 is 0 Å².